The van der Waals surface area contributed by atoms with Crippen LogP contribution in [-0.4, -0.2) is 26.5 Å². The molecule has 0 fully saturated rings. The van der Waals surface area contributed by atoms with Crippen molar-refractivity contribution in [2.75, 3.05) is 5.32 Å². The van der Waals surface area contributed by atoms with Crippen molar-refractivity contribution in [3.63, 3.8) is 0 Å². The second-order valence-corrected chi connectivity index (χ2v) is 4.91. The Labute approximate surface area is 123 Å². The average Bonchev–Trinajstić information content (AvgIpc) is 2.86. The van der Waals surface area contributed by atoms with Gasteiger partial charge in [0.05, 0.1) is 12.0 Å². The number of nitrogens with two attached hydrogens (primary N) is 1. The molecular formula is C12H12BrN5O2. The summed E-state index contributed by atoms with van der Waals surface area (Å²) < 4.78 is 2.30. The van der Waals surface area contributed by atoms with Crippen molar-refractivity contribution >= 4 is 33.4 Å². The van der Waals surface area contributed by atoms with Gasteiger partial charge in [0, 0.05) is 23.3 Å². The highest BCUT2D eigenvalue weighted by Crippen LogP contribution is 2.24. The summed E-state index contributed by atoms with van der Waals surface area (Å²) in [7, 11) is 1.78. The fraction of sp³-hybridized carbons (Fsp3) is 0.0833. The minimum Gasteiger partial charge on any atom is -0.409 e. The van der Waals surface area contributed by atoms with E-state index >= 15 is 0 Å². The number of carbonyl (C=O) groups excluding carboxylic acids is 1. The van der Waals surface area contributed by atoms with Crippen LogP contribution in [0, 0.1) is 0 Å². The molecule has 1 heterocycles. The number of benzene rings is 1. The monoisotopic (exact) mass is 337 g/mol. The van der Waals surface area contributed by atoms with Crippen LogP contribution < -0.4 is 11.1 Å². The number of oxime groups is 1. The molecule has 0 spiro atoms. The summed E-state index contributed by atoms with van der Waals surface area (Å²) in [5.74, 6) is -0.323. The van der Waals surface area contributed by atoms with E-state index in [4.69, 9.17) is 10.9 Å². The molecule has 8 heteroatoms. The molecular weight excluding hydrogens is 326 g/mol. The van der Waals surface area contributed by atoms with E-state index in [9.17, 15) is 4.79 Å². The Kier molecular flexibility index (Phi) is 4.04. The van der Waals surface area contributed by atoms with E-state index in [1.54, 1.807) is 42.3 Å². The maximum atomic E-state index is 12.0. The molecule has 0 saturated heterocycles. The zero-order valence-corrected chi connectivity index (χ0v) is 12.1. The predicted molar refractivity (Wildman–Crippen MR) is 77.8 cm³/mol. The van der Waals surface area contributed by atoms with E-state index < -0.39 is 0 Å². The molecule has 0 aliphatic rings. The van der Waals surface area contributed by atoms with Crippen LogP contribution in [0.15, 0.2) is 40.4 Å². The Bertz CT molecular complexity index is 680. The van der Waals surface area contributed by atoms with E-state index in [1.165, 1.54) is 0 Å². The van der Waals surface area contributed by atoms with Gasteiger partial charge in [-0.05, 0) is 34.1 Å². The Balaban J connectivity index is 2.20. The average molecular weight is 338 g/mol. The maximum Gasteiger partial charge on any atom is 0.275 e. The third-order valence-electron chi connectivity index (χ3n) is 2.56. The first-order chi connectivity index (χ1) is 9.51. The van der Waals surface area contributed by atoms with E-state index in [0.29, 0.717) is 21.4 Å². The van der Waals surface area contributed by atoms with Crippen LogP contribution in [0.3, 0.4) is 0 Å². The minimum atomic E-state index is -0.317. The van der Waals surface area contributed by atoms with Gasteiger partial charge in [-0.25, -0.2) is 4.98 Å². The van der Waals surface area contributed by atoms with Crippen molar-refractivity contribution in [3.8, 4) is 0 Å². The molecule has 1 amide bonds. The van der Waals surface area contributed by atoms with Gasteiger partial charge in [-0.2, -0.15) is 0 Å². The summed E-state index contributed by atoms with van der Waals surface area (Å²) in [6.07, 6.45) is 3.17. The standard InChI is InChI=1S/C12H12BrN5O2/c1-18-5-10(15-6-18)12(19)16-9-3-2-7(4-8(9)13)11(14)17-20/h2-6,20H,1H3,(H2,14,17)(H,16,19). The van der Waals surface area contributed by atoms with Crippen LogP contribution in [0.1, 0.15) is 16.1 Å². The number of nitrogens with zero attached hydrogens (tertiary/aromatic N) is 3. The van der Waals surface area contributed by atoms with Gasteiger partial charge in [-0.3, -0.25) is 4.79 Å². The van der Waals surface area contributed by atoms with Crippen LogP contribution in [0.25, 0.3) is 0 Å². The van der Waals surface area contributed by atoms with E-state index in [0.717, 1.165) is 0 Å². The molecule has 1 aromatic carbocycles. The van der Waals surface area contributed by atoms with Crippen molar-refractivity contribution in [3.05, 3.63) is 46.5 Å². The van der Waals surface area contributed by atoms with E-state index in [2.05, 4.69) is 31.4 Å². The molecule has 2 aromatic rings. The molecule has 7 nitrogen and oxygen atoms in total. The lowest BCUT2D eigenvalue weighted by atomic mass is 10.2. The highest BCUT2D eigenvalue weighted by molar-refractivity contribution is 9.10. The molecule has 0 unspecified atom stereocenters. The van der Waals surface area contributed by atoms with Crippen molar-refractivity contribution in [1.29, 1.82) is 0 Å². The highest BCUT2D eigenvalue weighted by atomic mass is 79.9. The summed E-state index contributed by atoms with van der Waals surface area (Å²) in [6, 6.07) is 4.93. The molecule has 20 heavy (non-hydrogen) atoms. The fourth-order valence-electron chi connectivity index (χ4n) is 1.55. The quantitative estimate of drug-likeness (QED) is 0.341. The van der Waals surface area contributed by atoms with Gasteiger partial charge in [-0.1, -0.05) is 5.16 Å². The van der Waals surface area contributed by atoms with Gasteiger partial charge in [0.25, 0.3) is 5.91 Å². The van der Waals surface area contributed by atoms with Gasteiger partial charge in [0.1, 0.15) is 5.69 Å². The molecule has 104 valence electrons. The Morgan fingerprint density at radius 1 is 1.55 bits per heavy atom. The summed E-state index contributed by atoms with van der Waals surface area (Å²) >= 11 is 3.32. The van der Waals surface area contributed by atoms with Crippen molar-refractivity contribution < 1.29 is 10.0 Å². The number of hydrogen-bond donors (Lipinski definition) is 3. The fourth-order valence-corrected chi connectivity index (χ4v) is 2.03. The first-order valence-electron chi connectivity index (χ1n) is 5.58. The molecule has 4 N–H and O–H groups in total. The van der Waals surface area contributed by atoms with Crippen molar-refractivity contribution in [1.82, 2.24) is 9.55 Å². The number of amides is 1. The third kappa shape index (κ3) is 2.97. The molecule has 2 rings (SSSR count). The van der Waals surface area contributed by atoms with Gasteiger partial charge >= 0.3 is 0 Å². The van der Waals surface area contributed by atoms with Crippen LogP contribution >= 0.6 is 15.9 Å². The number of imidazole rings is 1. The second-order valence-electron chi connectivity index (χ2n) is 4.06. The molecule has 0 bridgehead atoms. The summed E-state index contributed by atoms with van der Waals surface area (Å²) in [4.78, 5) is 15.9. The summed E-state index contributed by atoms with van der Waals surface area (Å²) in [5.41, 5.74) is 6.91. The topological polar surface area (TPSA) is 106 Å². The number of aromatic nitrogens is 2. The third-order valence-corrected chi connectivity index (χ3v) is 3.21. The minimum absolute atomic E-state index is 0.00620. The number of aryl methyl sites for hydroxylation is 1. The van der Waals surface area contributed by atoms with Crippen molar-refractivity contribution in [2.45, 2.75) is 0 Å². The number of rotatable bonds is 3. The van der Waals surface area contributed by atoms with Crippen LogP contribution in [0.2, 0.25) is 0 Å². The largest absolute Gasteiger partial charge is 0.409 e. The smallest absolute Gasteiger partial charge is 0.275 e. The number of amidine groups is 1. The second kappa shape index (κ2) is 5.74. The van der Waals surface area contributed by atoms with Crippen LogP contribution in [0.5, 0.6) is 0 Å². The number of nitrogens with one attached hydrogen (secondary N) is 1. The van der Waals surface area contributed by atoms with E-state index in [1.807, 2.05) is 0 Å². The number of halogens is 1. The first-order valence-corrected chi connectivity index (χ1v) is 6.37. The Hall–Kier alpha value is -2.35. The molecule has 0 aliphatic carbocycles. The summed E-state index contributed by atoms with van der Waals surface area (Å²) in [5, 5.41) is 14.2. The molecule has 0 radical (unpaired) electrons. The van der Waals surface area contributed by atoms with Gasteiger partial charge in [0.15, 0.2) is 5.84 Å². The molecule has 1 aromatic heterocycles. The molecule has 0 aliphatic heterocycles. The van der Waals surface area contributed by atoms with Crippen LogP contribution in [0.4, 0.5) is 5.69 Å². The van der Waals surface area contributed by atoms with Gasteiger partial charge < -0.3 is 20.8 Å². The zero-order chi connectivity index (χ0) is 14.7. The lowest BCUT2D eigenvalue weighted by molar-refractivity contribution is 0.102. The predicted octanol–water partition coefficient (Wildman–Crippen LogP) is 1.53. The lowest BCUT2D eigenvalue weighted by Gasteiger charge is -2.07. The van der Waals surface area contributed by atoms with E-state index in [-0.39, 0.29) is 11.7 Å². The van der Waals surface area contributed by atoms with Crippen molar-refractivity contribution in [2.24, 2.45) is 17.9 Å². The molecule has 0 saturated carbocycles. The van der Waals surface area contributed by atoms with Gasteiger partial charge in [-0.15, -0.1) is 0 Å². The molecule has 0 atom stereocenters. The lowest BCUT2D eigenvalue weighted by Crippen LogP contribution is -2.15. The Morgan fingerprint density at radius 3 is 2.85 bits per heavy atom. The van der Waals surface area contributed by atoms with Gasteiger partial charge in [0.2, 0.25) is 0 Å². The number of carbonyl (C=O) groups is 1. The highest BCUT2D eigenvalue weighted by Gasteiger charge is 2.11. The first kappa shape index (κ1) is 14.1. The number of hydrogen-bond acceptors (Lipinski definition) is 4. The number of anilines is 1. The zero-order valence-electron chi connectivity index (χ0n) is 10.5. The SMILES string of the molecule is Cn1cnc(C(=O)Nc2ccc(/C(N)=N/O)cc2Br)c1. The maximum absolute atomic E-state index is 12.0. The Morgan fingerprint density at radius 2 is 2.30 bits per heavy atom. The summed E-state index contributed by atoms with van der Waals surface area (Å²) in [6.45, 7) is 0. The normalized spacial score (nSPS) is 11.4. The van der Waals surface area contributed by atoms with Crippen LogP contribution in [-0.2, 0) is 7.05 Å².